The Balaban J connectivity index is 0.000000686. The molecule has 2 saturated heterocycles. The van der Waals surface area contributed by atoms with Gasteiger partial charge < -0.3 is 9.64 Å². The summed E-state index contributed by atoms with van der Waals surface area (Å²) in [4.78, 5) is 4.79. The van der Waals surface area contributed by atoms with Crippen molar-refractivity contribution in [1.82, 2.24) is 14.8 Å². The van der Waals surface area contributed by atoms with Crippen LogP contribution in [0.2, 0.25) is 0 Å². The van der Waals surface area contributed by atoms with Crippen molar-refractivity contribution in [2.75, 3.05) is 59.5 Å². The molecule has 5 heteroatoms. The van der Waals surface area contributed by atoms with Crippen molar-refractivity contribution >= 4 is 0 Å². The monoisotopic (exact) mass is 244 g/mol. The minimum atomic E-state index is 0.382. The summed E-state index contributed by atoms with van der Waals surface area (Å²) in [6, 6.07) is 0. The first-order valence-corrected chi connectivity index (χ1v) is 6.76. The van der Waals surface area contributed by atoms with Gasteiger partial charge in [0.2, 0.25) is 0 Å². The summed E-state index contributed by atoms with van der Waals surface area (Å²) in [6.45, 7) is 12.1. The molecule has 102 valence electrons. The first-order valence-electron chi connectivity index (χ1n) is 6.76. The highest BCUT2D eigenvalue weighted by molar-refractivity contribution is 4.76. The van der Waals surface area contributed by atoms with E-state index in [0.29, 0.717) is 6.10 Å². The van der Waals surface area contributed by atoms with Crippen LogP contribution in [0, 0.1) is 0 Å². The molecule has 0 saturated carbocycles. The molecule has 17 heavy (non-hydrogen) atoms. The van der Waals surface area contributed by atoms with E-state index in [1.807, 2.05) is 18.9 Å². The van der Waals surface area contributed by atoms with E-state index in [2.05, 4.69) is 16.8 Å². The third-order valence-corrected chi connectivity index (χ3v) is 3.21. The molecule has 1 unspecified atom stereocenters. The normalized spacial score (nSPS) is 28.6. The molecule has 2 aliphatic heterocycles. The van der Waals surface area contributed by atoms with Crippen LogP contribution in [-0.4, -0.2) is 80.4 Å². The molecule has 2 N–H and O–H groups in total. The standard InChI is InChI=1S/C10H22N4O.C2H6/c1-12-6-7-15-10(8-12)9-13-2-4-14(11)5-3-13;1-2/h10H,2-9,11H2,1H3;1-2H3. The zero-order valence-corrected chi connectivity index (χ0v) is 11.6. The molecule has 2 aliphatic rings. The number of hydrogen-bond donors (Lipinski definition) is 1. The Morgan fingerprint density at radius 3 is 2.35 bits per heavy atom. The van der Waals surface area contributed by atoms with Gasteiger partial charge in [-0.2, -0.15) is 0 Å². The lowest BCUT2D eigenvalue weighted by Gasteiger charge is -2.37. The molecule has 0 radical (unpaired) electrons. The summed E-state index contributed by atoms with van der Waals surface area (Å²) in [5, 5.41) is 1.89. The van der Waals surface area contributed by atoms with Crippen molar-refractivity contribution in [2.24, 2.45) is 5.84 Å². The van der Waals surface area contributed by atoms with E-state index in [-0.39, 0.29) is 0 Å². The highest BCUT2D eigenvalue weighted by Gasteiger charge is 2.22. The minimum absolute atomic E-state index is 0.382. The molecule has 0 amide bonds. The Labute approximate surface area is 105 Å². The van der Waals surface area contributed by atoms with Crippen molar-refractivity contribution in [3.8, 4) is 0 Å². The Morgan fingerprint density at radius 2 is 1.76 bits per heavy atom. The van der Waals surface area contributed by atoms with Crippen LogP contribution >= 0.6 is 0 Å². The van der Waals surface area contributed by atoms with Crippen LogP contribution in [0.15, 0.2) is 0 Å². The molecular weight excluding hydrogens is 216 g/mol. The number of ether oxygens (including phenoxy) is 1. The van der Waals surface area contributed by atoms with Crippen LogP contribution in [0.3, 0.4) is 0 Å². The van der Waals surface area contributed by atoms with E-state index in [4.69, 9.17) is 10.6 Å². The fourth-order valence-corrected chi connectivity index (χ4v) is 2.21. The van der Waals surface area contributed by atoms with E-state index in [9.17, 15) is 0 Å². The first kappa shape index (κ1) is 14.9. The van der Waals surface area contributed by atoms with Gasteiger partial charge in [0.25, 0.3) is 0 Å². The Hall–Kier alpha value is -0.200. The van der Waals surface area contributed by atoms with Crippen molar-refractivity contribution in [1.29, 1.82) is 0 Å². The predicted molar refractivity (Wildman–Crippen MR) is 70.8 cm³/mol. The lowest BCUT2D eigenvalue weighted by atomic mass is 10.2. The van der Waals surface area contributed by atoms with Crippen LogP contribution in [0.4, 0.5) is 0 Å². The highest BCUT2D eigenvalue weighted by Crippen LogP contribution is 2.06. The number of piperazine rings is 1. The summed E-state index contributed by atoms with van der Waals surface area (Å²) < 4.78 is 5.75. The summed E-state index contributed by atoms with van der Waals surface area (Å²) in [6.07, 6.45) is 0.382. The Bertz CT molecular complexity index is 195. The molecule has 2 heterocycles. The summed E-state index contributed by atoms with van der Waals surface area (Å²) >= 11 is 0. The summed E-state index contributed by atoms with van der Waals surface area (Å²) in [5.41, 5.74) is 0. The van der Waals surface area contributed by atoms with Gasteiger partial charge in [0.1, 0.15) is 0 Å². The Kier molecular flexibility index (Phi) is 6.99. The molecule has 0 spiro atoms. The van der Waals surface area contributed by atoms with Crippen molar-refractivity contribution in [3.05, 3.63) is 0 Å². The van der Waals surface area contributed by atoms with Crippen molar-refractivity contribution in [2.45, 2.75) is 20.0 Å². The van der Waals surface area contributed by atoms with E-state index < -0.39 is 0 Å². The minimum Gasteiger partial charge on any atom is -0.374 e. The zero-order chi connectivity index (χ0) is 12.7. The maximum Gasteiger partial charge on any atom is 0.0829 e. The van der Waals surface area contributed by atoms with Gasteiger partial charge in [-0.25, -0.2) is 5.01 Å². The second kappa shape index (κ2) is 8.00. The number of likely N-dealkylation sites (N-methyl/N-ethyl adjacent to an activating group) is 1. The van der Waals surface area contributed by atoms with Gasteiger partial charge in [-0.15, -0.1) is 0 Å². The number of morpholine rings is 1. The van der Waals surface area contributed by atoms with Crippen LogP contribution in [0.5, 0.6) is 0 Å². The molecule has 0 aliphatic carbocycles. The van der Waals surface area contributed by atoms with E-state index >= 15 is 0 Å². The van der Waals surface area contributed by atoms with Gasteiger partial charge in [-0.3, -0.25) is 10.7 Å². The summed E-state index contributed by atoms with van der Waals surface area (Å²) in [7, 11) is 2.16. The molecule has 0 bridgehead atoms. The van der Waals surface area contributed by atoms with Gasteiger partial charge in [0, 0.05) is 45.8 Å². The average Bonchev–Trinajstić information content (AvgIpc) is 2.35. The SMILES string of the molecule is CC.CN1CCOC(CN2CCN(N)CC2)C1. The highest BCUT2D eigenvalue weighted by atomic mass is 16.5. The molecule has 0 aromatic heterocycles. The van der Waals surface area contributed by atoms with Gasteiger partial charge in [-0.05, 0) is 7.05 Å². The second-order valence-electron chi connectivity index (χ2n) is 4.59. The number of hydrogen-bond acceptors (Lipinski definition) is 5. The van der Waals surface area contributed by atoms with Crippen LogP contribution in [0.25, 0.3) is 0 Å². The number of rotatable bonds is 2. The van der Waals surface area contributed by atoms with Gasteiger partial charge in [-0.1, -0.05) is 13.8 Å². The van der Waals surface area contributed by atoms with Gasteiger partial charge in [0.05, 0.1) is 12.7 Å². The quantitative estimate of drug-likeness (QED) is 0.684. The fourth-order valence-electron chi connectivity index (χ4n) is 2.21. The van der Waals surface area contributed by atoms with Gasteiger partial charge >= 0.3 is 0 Å². The van der Waals surface area contributed by atoms with Crippen molar-refractivity contribution < 1.29 is 4.74 Å². The van der Waals surface area contributed by atoms with Crippen molar-refractivity contribution in [3.63, 3.8) is 0 Å². The second-order valence-corrected chi connectivity index (χ2v) is 4.59. The third kappa shape index (κ3) is 5.31. The molecule has 2 fully saturated rings. The molecule has 0 aromatic rings. The molecule has 0 aromatic carbocycles. The lowest BCUT2D eigenvalue weighted by Crippen LogP contribution is -2.53. The predicted octanol–water partition coefficient (Wildman–Crippen LogP) is -0.165. The van der Waals surface area contributed by atoms with E-state index in [1.165, 1.54) is 0 Å². The van der Waals surface area contributed by atoms with E-state index in [1.54, 1.807) is 0 Å². The lowest BCUT2D eigenvalue weighted by molar-refractivity contribution is -0.0410. The number of hydrazine groups is 1. The average molecular weight is 244 g/mol. The van der Waals surface area contributed by atoms with Crippen LogP contribution in [-0.2, 0) is 4.74 Å². The zero-order valence-electron chi connectivity index (χ0n) is 11.6. The summed E-state index contributed by atoms with van der Waals surface area (Å²) in [5.74, 6) is 5.72. The first-order chi connectivity index (χ1) is 8.24. The smallest absolute Gasteiger partial charge is 0.0829 e. The molecular formula is C12H28N4O. The molecule has 1 atom stereocenters. The molecule has 5 nitrogen and oxygen atoms in total. The number of nitrogens with zero attached hydrogens (tertiary/aromatic N) is 3. The number of nitrogens with two attached hydrogens (primary N) is 1. The van der Waals surface area contributed by atoms with Gasteiger partial charge in [0.15, 0.2) is 0 Å². The maximum atomic E-state index is 5.75. The van der Waals surface area contributed by atoms with E-state index in [0.717, 1.165) is 52.4 Å². The maximum absolute atomic E-state index is 5.75. The van der Waals surface area contributed by atoms with Crippen LogP contribution in [0.1, 0.15) is 13.8 Å². The Morgan fingerprint density at radius 1 is 1.12 bits per heavy atom. The fraction of sp³-hybridized carbons (Fsp3) is 1.00. The van der Waals surface area contributed by atoms with Crippen LogP contribution < -0.4 is 5.84 Å². The molecule has 2 rings (SSSR count). The third-order valence-electron chi connectivity index (χ3n) is 3.21. The topological polar surface area (TPSA) is 45.0 Å². The largest absolute Gasteiger partial charge is 0.374 e.